The zero-order valence-corrected chi connectivity index (χ0v) is 15.2. The van der Waals surface area contributed by atoms with Crippen molar-refractivity contribution < 1.29 is 9.59 Å². The van der Waals surface area contributed by atoms with E-state index in [4.69, 9.17) is 5.73 Å². The highest BCUT2D eigenvalue weighted by atomic mass is 32.2. The molecule has 26 heavy (non-hydrogen) atoms. The van der Waals surface area contributed by atoms with Gasteiger partial charge in [-0.25, -0.2) is 0 Å². The first-order valence-electron chi connectivity index (χ1n) is 8.86. The van der Waals surface area contributed by atoms with Gasteiger partial charge in [0, 0.05) is 11.6 Å². The molecule has 2 aliphatic rings. The lowest BCUT2D eigenvalue weighted by atomic mass is 10.1. The molecule has 7 nitrogen and oxygen atoms in total. The molecule has 8 heteroatoms. The second-order valence-electron chi connectivity index (χ2n) is 6.84. The molecule has 136 valence electrons. The molecule has 1 fully saturated rings. The normalized spacial score (nSPS) is 15.7. The minimum atomic E-state index is -0.434. The molecule has 1 aromatic heterocycles. The lowest BCUT2D eigenvalue weighted by molar-refractivity contribution is -0.118. The summed E-state index contributed by atoms with van der Waals surface area (Å²) in [7, 11) is 0. The van der Waals surface area contributed by atoms with Crippen molar-refractivity contribution in [1.29, 1.82) is 0 Å². The van der Waals surface area contributed by atoms with E-state index in [0.717, 1.165) is 37.2 Å². The first kappa shape index (κ1) is 17.1. The number of aromatic nitrogens is 3. The molecule has 0 bridgehead atoms. The Morgan fingerprint density at radius 1 is 1.23 bits per heavy atom. The number of aryl methyl sites for hydroxylation is 2. The van der Waals surface area contributed by atoms with Crippen molar-refractivity contribution in [2.75, 3.05) is 11.1 Å². The first-order valence-corrected chi connectivity index (χ1v) is 9.84. The fourth-order valence-electron chi connectivity index (χ4n) is 3.33. The van der Waals surface area contributed by atoms with Crippen LogP contribution in [0.15, 0.2) is 23.4 Å². The van der Waals surface area contributed by atoms with E-state index in [1.165, 1.54) is 29.3 Å². The second kappa shape index (κ2) is 7.11. The predicted molar refractivity (Wildman–Crippen MR) is 99.0 cm³/mol. The van der Waals surface area contributed by atoms with Gasteiger partial charge in [-0.3, -0.25) is 14.2 Å². The van der Waals surface area contributed by atoms with Gasteiger partial charge >= 0.3 is 0 Å². The third-order valence-electron chi connectivity index (χ3n) is 4.72. The summed E-state index contributed by atoms with van der Waals surface area (Å²) in [4.78, 5) is 23.6. The van der Waals surface area contributed by atoms with Gasteiger partial charge in [-0.15, -0.1) is 10.2 Å². The van der Waals surface area contributed by atoms with Gasteiger partial charge in [-0.05, 0) is 55.4 Å². The molecule has 2 aliphatic carbocycles. The number of primary amides is 1. The van der Waals surface area contributed by atoms with E-state index < -0.39 is 5.91 Å². The standard InChI is InChI=1S/C18H21N5O2S/c19-15(24)9-23-17(12-4-5-12)21-22-18(23)26-10-16(25)20-14-7-6-11-2-1-3-13(11)8-14/h6-8,12H,1-5,9-10H2,(H2,19,24)(H,20,25). The average molecular weight is 371 g/mol. The minimum absolute atomic E-state index is 0.0492. The van der Waals surface area contributed by atoms with Crippen molar-refractivity contribution >= 4 is 29.3 Å². The van der Waals surface area contributed by atoms with Crippen LogP contribution in [0.4, 0.5) is 5.69 Å². The highest BCUT2D eigenvalue weighted by Crippen LogP contribution is 2.40. The molecule has 4 rings (SSSR count). The third-order valence-corrected chi connectivity index (χ3v) is 5.68. The Morgan fingerprint density at radius 2 is 2.04 bits per heavy atom. The number of thioether (sulfide) groups is 1. The van der Waals surface area contributed by atoms with Gasteiger partial charge in [0.15, 0.2) is 5.16 Å². The molecule has 0 unspecified atom stereocenters. The summed E-state index contributed by atoms with van der Waals surface area (Å²) in [5.41, 5.74) is 8.87. The van der Waals surface area contributed by atoms with E-state index in [9.17, 15) is 9.59 Å². The van der Waals surface area contributed by atoms with Crippen molar-refractivity contribution in [3.05, 3.63) is 35.2 Å². The van der Waals surface area contributed by atoms with Gasteiger partial charge in [0.05, 0.1) is 5.75 Å². The Hall–Kier alpha value is -2.35. The third kappa shape index (κ3) is 3.75. The number of rotatable bonds is 7. The molecular weight excluding hydrogens is 350 g/mol. The Labute approximate surface area is 155 Å². The second-order valence-corrected chi connectivity index (χ2v) is 7.78. The maximum absolute atomic E-state index is 12.3. The van der Waals surface area contributed by atoms with E-state index in [0.29, 0.717) is 11.1 Å². The average Bonchev–Trinajstić information content (AvgIpc) is 3.21. The Balaban J connectivity index is 1.39. The number of hydrogen-bond donors (Lipinski definition) is 2. The van der Waals surface area contributed by atoms with Crippen LogP contribution in [0.1, 0.15) is 42.1 Å². The fraction of sp³-hybridized carbons (Fsp3) is 0.444. The molecule has 1 heterocycles. The summed E-state index contributed by atoms with van der Waals surface area (Å²) >= 11 is 1.28. The molecule has 1 saturated carbocycles. The molecule has 2 amide bonds. The van der Waals surface area contributed by atoms with Crippen molar-refractivity contribution in [2.45, 2.75) is 49.7 Å². The van der Waals surface area contributed by atoms with Crippen LogP contribution in [-0.2, 0) is 29.0 Å². The van der Waals surface area contributed by atoms with Crippen LogP contribution < -0.4 is 11.1 Å². The Morgan fingerprint density at radius 3 is 2.81 bits per heavy atom. The van der Waals surface area contributed by atoms with Gasteiger partial charge in [-0.1, -0.05) is 17.8 Å². The van der Waals surface area contributed by atoms with Gasteiger partial charge in [-0.2, -0.15) is 0 Å². The van der Waals surface area contributed by atoms with Gasteiger partial charge < -0.3 is 11.1 Å². The zero-order valence-electron chi connectivity index (χ0n) is 14.4. The Bertz CT molecular complexity index is 859. The lowest BCUT2D eigenvalue weighted by Gasteiger charge is -2.09. The fourth-order valence-corrected chi connectivity index (χ4v) is 4.08. The smallest absolute Gasteiger partial charge is 0.237 e. The monoisotopic (exact) mass is 371 g/mol. The van der Waals surface area contributed by atoms with Crippen LogP contribution >= 0.6 is 11.8 Å². The molecule has 2 aromatic rings. The van der Waals surface area contributed by atoms with Crippen LogP contribution in [0, 0.1) is 0 Å². The van der Waals surface area contributed by atoms with Gasteiger partial charge in [0.2, 0.25) is 11.8 Å². The van der Waals surface area contributed by atoms with E-state index in [1.807, 2.05) is 6.07 Å². The zero-order chi connectivity index (χ0) is 18.1. The molecule has 3 N–H and O–H groups in total. The van der Waals surface area contributed by atoms with E-state index in [1.54, 1.807) is 4.57 Å². The number of nitrogens with two attached hydrogens (primary N) is 1. The minimum Gasteiger partial charge on any atom is -0.368 e. The lowest BCUT2D eigenvalue weighted by Crippen LogP contribution is -2.21. The molecule has 0 atom stereocenters. The molecule has 0 aliphatic heterocycles. The maximum atomic E-state index is 12.3. The van der Waals surface area contributed by atoms with Crippen LogP contribution in [0.25, 0.3) is 0 Å². The summed E-state index contributed by atoms with van der Waals surface area (Å²) in [5.74, 6) is 0.825. The number of nitrogens with zero attached hydrogens (tertiary/aromatic N) is 3. The van der Waals surface area contributed by atoms with Crippen LogP contribution in [0.5, 0.6) is 0 Å². The number of anilines is 1. The number of nitrogens with one attached hydrogen (secondary N) is 1. The van der Waals surface area contributed by atoms with E-state index >= 15 is 0 Å². The van der Waals surface area contributed by atoms with Gasteiger partial charge in [0.1, 0.15) is 12.4 Å². The maximum Gasteiger partial charge on any atom is 0.237 e. The number of benzene rings is 1. The quantitative estimate of drug-likeness (QED) is 0.723. The molecule has 1 aromatic carbocycles. The van der Waals surface area contributed by atoms with Crippen molar-refractivity contribution in [3.8, 4) is 0 Å². The summed E-state index contributed by atoms with van der Waals surface area (Å²) in [6.07, 6.45) is 5.49. The molecule has 0 spiro atoms. The summed E-state index contributed by atoms with van der Waals surface area (Å²) < 4.78 is 1.74. The van der Waals surface area contributed by atoms with Crippen molar-refractivity contribution in [1.82, 2.24) is 14.8 Å². The van der Waals surface area contributed by atoms with Gasteiger partial charge in [0.25, 0.3) is 0 Å². The van der Waals surface area contributed by atoms with Crippen molar-refractivity contribution in [3.63, 3.8) is 0 Å². The van der Waals surface area contributed by atoms with E-state index in [2.05, 4.69) is 27.6 Å². The SMILES string of the molecule is NC(=O)Cn1c(SCC(=O)Nc2ccc3c(c2)CCC3)nnc1C1CC1. The number of carbonyl (C=O) groups is 2. The predicted octanol–water partition coefficient (Wildman–Crippen LogP) is 1.86. The summed E-state index contributed by atoms with van der Waals surface area (Å²) in [6.45, 7) is 0.0492. The van der Waals surface area contributed by atoms with Crippen molar-refractivity contribution in [2.24, 2.45) is 5.73 Å². The summed E-state index contributed by atoms with van der Waals surface area (Å²) in [5, 5.41) is 11.8. The van der Waals surface area contributed by atoms with Crippen LogP contribution in [0.3, 0.4) is 0 Å². The van der Waals surface area contributed by atoms with Crippen LogP contribution in [-0.4, -0.2) is 32.3 Å². The highest BCUT2D eigenvalue weighted by molar-refractivity contribution is 7.99. The largest absolute Gasteiger partial charge is 0.368 e. The first-order chi connectivity index (χ1) is 12.6. The molecular formula is C18H21N5O2S. The number of fused-ring (bicyclic) bond motifs is 1. The number of amides is 2. The van der Waals surface area contributed by atoms with E-state index in [-0.39, 0.29) is 18.2 Å². The number of hydrogen-bond acceptors (Lipinski definition) is 5. The Kier molecular flexibility index (Phi) is 4.67. The highest BCUT2D eigenvalue weighted by Gasteiger charge is 2.31. The van der Waals surface area contributed by atoms with Crippen LogP contribution in [0.2, 0.25) is 0 Å². The summed E-state index contributed by atoms with van der Waals surface area (Å²) in [6, 6.07) is 6.11. The number of carbonyl (C=O) groups excluding carboxylic acids is 2. The molecule has 0 radical (unpaired) electrons. The molecule has 0 saturated heterocycles. The topological polar surface area (TPSA) is 103 Å².